The molecule has 1 aliphatic rings. The number of likely N-dealkylation sites (N-methyl/N-ethyl adjacent to an activating group) is 1. The Morgan fingerprint density at radius 1 is 1.48 bits per heavy atom. The molecule has 1 unspecified atom stereocenters. The van der Waals surface area contributed by atoms with Crippen LogP contribution in [0.25, 0.3) is 0 Å². The highest BCUT2D eigenvalue weighted by Crippen LogP contribution is 2.54. The molecule has 0 aromatic carbocycles. The summed E-state index contributed by atoms with van der Waals surface area (Å²) in [5, 5.41) is 0. The Labute approximate surface area is 138 Å². The first kappa shape index (κ1) is 18.4. The van der Waals surface area contributed by atoms with Gasteiger partial charge in [-0.3, -0.25) is 23.8 Å². The van der Waals surface area contributed by atoms with Crippen LogP contribution in [-0.4, -0.2) is 66.1 Å². The number of hydrogen-bond acceptors (Lipinski definition) is 6. The molecule has 1 N–H and O–H groups in total. The van der Waals surface area contributed by atoms with E-state index in [4.69, 9.17) is 20.5 Å². The minimum atomic E-state index is -3.37. The zero-order valence-electron chi connectivity index (χ0n) is 13.1. The first-order valence-corrected chi connectivity index (χ1v) is 9.45. The fourth-order valence-electron chi connectivity index (χ4n) is 2.19. The molecule has 130 valence electrons. The van der Waals surface area contributed by atoms with Gasteiger partial charge in [-0.2, -0.15) is 0 Å². The van der Waals surface area contributed by atoms with Crippen molar-refractivity contribution in [3.05, 3.63) is 33.1 Å². The number of H-pyrrole nitrogens is 1. The van der Waals surface area contributed by atoms with Crippen LogP contribution in [0.1, 0.15) is 6.23 Å². The standard InChI is InChI=1S/C12H20ClN4O5P/c1-15(2)23(13,20)21-8-9-6-16(3)7-11(22-9)17-5-4-10(18)14-12(17)19/h4-5,9,11H,6-8H2,1-3H3,(H,14,18,19)/t9-,11?,23-/m0/s1. The second-order valence-electron chi connectivity index (χ2n) is 5.55. The molecule has 1 saturated heterocycles. The number of hydrogen-bond donors (Lipinski definition) is 1. The summed E-state index contributed by atoms with van der Waals surface area (Å²) in [5.74, 6) is 0. The van der Waals surface area contributed by atoms with Crippen LogP contribution in [-0.2, 0) is 13.8 Å². The Balaban J connectivity index is 2.09. The highest BCUT2D eigenvalue weighted by molar-refractivity contribution is 7.83. The van der Waals surface area contributed by atoms with Gasteiger partial charge in [0.15, 0.2) is 6.23 Å². The van der Waals surface area contributed by atoms with Gasteiger partial charge in [0.2, 0.25) is 0 Å². The fourth-order valence-corrected chi connectivity index (χ4v) is 2.94. The maximum absolute atomic E-state index is 12.0. The third-order valence-corrected chi connectivity index (χ3v) is 6.01. The fraction of sp³-hybridized carbons (Fsp3) is 0.667. The molecule has 0 saturated carbocycles. The lowest BCUT2D eigenvalue weighted by Gasteiger charge is -2.36. The van der Waals surface area contributed by atoms with E-state index in [9.17, 15) is 14.2 Å². The molecule has 0 amide bonds. The molecular formula is C12H20ClN4O5P. The molecule has 0 radical (unpaired) electrons. The third-order valence-electron chi connectivity index (χ3n) is 3.39. The largest absolute Gasteiger partial charge is 0.362 e. The average molecular weight is 367 g/mol. The second-order valence-corrected chi connectivity index (χ2v) is 8.79. The van der Waals surface area contributed by atoms with Crippen LogP contribution in [0.2, 0.25) is 0 Å². The van der Waals surface area contributed by atoms with Crippen molar-refractivity contribution in [1.82, 2.24) is 19.1 Å². The van der Waals surface area contributed by atoms with Gasteiger partial charge in [0, 0.05) is 25.4 Å². The monoisotopic (exact) mass is 366 g/mol. The number of rotatable bonds is 5. The van der Waals surface area contributed by atoms with Crippen LogP contribution in [0.3, 0.4) is 0 Å². The van der Waals surface area contributed by atoms with E-state index in [2.05, 4.69) is 4.98 Å². The van der Waals surface area contributed by atoms with E-state index in [-0.39, 0.29) is 6.61 Å². The molecule has 23 heavy (non-hydrogen) atoms. The van der Waals surface area contributed by atoms with Gasteiger partial charge in [0.1, 0.15) is 0 Å². The van der Waals surface area contributed by atoms with E-state index in [1.807, 2.05) is 11.9 Å². The number of nitrogens with zero attached hydrogens (tertiary/aromatic N) is 3. The molecular weight excluding hydrogens is 347 g/mol. The molecule has 0 aliphatic carbocycles. The van der Waals surface area contributed by atoms with Crippen LogP contribution < -0.4 is 11.2 Å². The van der Waals surface area contributed by atoms with Crippen molar-refractivity contribution >= 4 is 18.1 Å². The van der Waals surface area contributed by atoms with Gasteiger partial charge in [-0.25, -0.2) is 9.46 Å². The smallest absolute Gasteiger partial charge is 0.350 e. The van der Waals surface area contributed by atoms with Gasteiger partial charge >= 0.3 is 12.6 Å². The van der Waals surface area contributed by atoms with Crippen LogP contribution in [0, 0.1) is 0 Å². The molecule has 1 aromatic heterocycles. The number of aromatic amines is 1. The van der Waals surface area contributed by atoms with Gasteiger partial charge in [-0.15, -0.1) is 0 Å². The van der Waals surface area contributed by atoms with Crippen molar-refractivity contribution in [2.24, 2.45) is 0 Å². The minimum Gasteiger partial charge on any atom is -0.350 e. The topological polar surface area (TPSA) is 96.9 Å². The lowest BCUT2D eigenvalue weighted by molar-refractivity contribution is -0.127. The molecule has 1 aliphatic heterocycles. The lowest BCUT2D eigenvalue weighted by atomic mass is 10.3. The summed E-state index contributed by atoms with van der Waals surface area (Å²) in [5.41, 5.74) is -1.02. The van der Waals surface area contributed by atoms with Gasteiger partial charge in [-0.05, 0) is 32.4 Å². The number of nitrogens with one attached hydrogen (secondary N) is 1. The first-order chi connectivity index (χ1) is 10.7. The molecule has 9 nitrogen and oxygen atoms in total. The summed E-state index contributed by atoms with van der Waals surface area (Å²) in [4.78, 5) is 27.1. The van der Waals surface area contributed by atoms with Crippen LogP contribution >= 0.6 is 18.1 Å². The lowest BCUT2D eigenvalue weighted by Crippen LogP contribution is -2.48. The highest BCUT2D eigenvalue weighted by Gasteiger charge is 2.31. The Bertz CT molecular complexity index is 705. The Morgan fingerprint density at radius 2 is 2.17 bits per heavy atom. The predicted molar refractivity (Wildman–Crippen MR) is 85.8 cm³/mol. The van der Waals surface area contributed by atoms with Crippen molar-refractivity contribution in [2.75, 3.05) is 40.8 Å². The number of halogens is 1. The molecule has 2 heterocycles. The third kappa shape index (κ3) is 4.76. The van der Waals surface area contributed by atoms with E-state index >= 15 is 0 Å². The Hall–Kier alpha value is -0.960. The average Bonchev–Trinajstić information content (AvgIpc) is 2.44. The molecule has 11 heteroatoms. The van der Waals surface area contributed by atoms with Crippen LogP contribution in [0.5, 0.6) is 0 Å². The van der Waals surface area contributed by atoms with E-state index < -0.39 is 30.5 Å². The minimum absolute atomic E-state index is 0.0257. The normalized spacial score (nSPS) is 25.4. The summed E-state index contributed by atoms with van der Waals surface area (Å²) in [6.07, 6.45) is 0.389. The van der Waals surface area contributed by atoms with E-state index in [1.165, 1.54) is 21.5 Å². The van der Waals surface area contributed by atoms with Gasteiger partial charge in [-0.1, -0.05) is 0 Å². The molecule has 0 bridgehead atoms. The molecule has 0 spiro atoms. The van der Waals surface area contributed by atoms with Crippen molar-refractivity contribution in [1.29, 1.82) is 0 Å². The molecule has 1 fully saturated rings. The number of morpholine rings is 1. The molecule has 1 aromatic rings. The zero-order valence-corrected chi connectivity index (χ0v) is 14.8. The summed E-state index contributed by atoms with van der Waals surface area (Å²) in [6, 6.07) is 1.25. The summed E-state index contributed by atoms with van der Waals surface area (Å²) >= 11 is 5.82. The predicted octanol–water partition coefficient (Wildman–Crippen LogP) is 0.291. The number of ether oxygens (including phenoxy) is 1. The molecule has 3 atom stereocenters. The van der Waals surface area contributed by atoms with Gasteiger partial charge < -0.3 is 9.26 Å². The maximum Gasteiger partial charge on any atom is 0.362 e. The van der Waals surface area contributed by atoms with Gasteiger partial charge in [0.25, 0.3) is 5.56 Å². The van der Waals surface area contributed by atoms with Crippen molar-refractivity contribution in [3.8, 4) is 0 Å². The van der Waals surface area contributed by atoms with E-state index in [1.54, 1.807) is 14.1 Å². The quantitative estimate of drug-likeness (QED) is 0.748. The van der Waals surface area contributed by atoms with Crippen molar-refractivity contribution in [2.45, 2.75) is 12.3 Å². The van der Waals surface area contributed by atoms with Gasteiger partial charge in [0.05, 0.1) is 12.7 Å². The SMILES string of the molecule is CN1CC(n2ccc(=O)[nH]c2=O)O[C@H](CO[P@@](=O)(Cl)N(C)C)C1. The first-order valence-electron chi connectivity index (χ1n) is 6.96. The number of aromatic nitrogens is 2. The van der Waals surface area contributed by atoms with Crippen LogP contribution in [0.4, 0.5) is 0 Å². The van der Waals surface area contributed by atoms with Crippen molar-refractivity contribution < 1.29 is 13.8 Å². The summed E-state index contributed by atoms with van der Waals surface area (Å²) in [6.45, 7) is -2.33. The Morgan fingerprint density at radius 3 is 2.78 bits per heavy atom. The molecule has 2 rings (SSSR count). The maximum atomic E-state index is 12.0. The van der Waals surface area contributed by atoms with Crippen molar-refractivity contribution in [3.63, 3.8) is 0 Å². The van der Waals surface area contributed by atoms with Crippen LogP contribution in [0.15, 0.2) is 21.9 Å². The highest BCUT2D eigenvalue weighted by atomic mass is 35.7. The van der Waals surface area contributed by atoms with E-state index in [0.717, 1.165) is 0 Å². The van der Waals surface area contributed by atoms with E-state index in [0.29, 0.717) is 13.1 Å². The zero-order chi connectivity index (χ0) is 17.2. The summed E-state index contributed by atoms with van der Waals surface area (Å²) in [7, 11) is 4.99. The second kappa shape index (κ2) is 7.29. The Kier molecular flexibility index (Phi) is 5.83. The summed E-state index contributed by atoms with van der Waals surface area (Å²) < 4.78 is 25.7.